The van der Waals surface area contributed by atoms with Crippen LogP contribution in [0.4, 0.5) is 5.82 Å². The Balaban J connectivity index is 1.79. The normalized spacial score (nSPS) is 10.0. The Morgan fingerprint density at radius 3 is 2.68 bits per heavy atom. The van der Waals surface area contributed by atoms with Crippen LogP contribution in [0.1, 0.15) is 10.4 Å². The van der Waals surface area contributed by atoms with Crippen LogP contribution < -0.4 is 10.1 Å². The summed E-state index contributed by atoms with van der Waals surface area (Å²) in [4.78, 5) is 38.0. The van der Waals surface area contributed by atoms with Gasteiger partial charge in [-0.3, -0.25) is 9.59 Å². The van der Waals surface area contributed by atoms with E-state index in [0.717, 1.165) is 0 Å². The highest BCUT2D eigenvalue weighted by Gasteiger charge is 2.12. The molecule has 1 heterocycles. The third-order valence-corrected chi connectivity index (χ3v) is 3.32. The number of nitrogens with one attached hydrogen (secondary N) is 1. The molecule has 0 bridgehead atoms. The van der Waals surface area contributed by atoms with Crippen molar-refractivity contribution in [1.29, 1.82) is 0 Å². The molecule has 0 aliphatic heterocycles. The fraction of sp³-hybridized carbons (Fsp3) is 0.125. The molecule has 1 amide bonds. The van der Waals surface area contributed by atoms with Gasteiger partial charge in [0.1, 0.15) is 5.75 Å². The van der Waals surface area contributed by atoms with Gasteiger partial charge in [0.05, 0.1) is 15.6 Å². The number of hydrogen-bond donors (Lipinski definition) is 1. The lowest BCUT2D eigenvalue weighted by atomic mass is 10.2. The number of ether oxygens (including phenoxy) is 2. The number of hydrogen-bond acceptors (Lipinski definition) is 6. The lowest BCUT2D eigenvalue weighted by molar-refractivity contribution is -0.149. The van der Waals surface area contributed by atoms with E-state index in [9.17, 15) is 14.4 Å². The number of esters is 1. The minimum atomic E-state index is -0.772. The number of pyridine rings is 1. The molecule has 25 heavy (non-hydrogen) atoms. The Hall–Kier alpha value is -2.64. The molecule has 2 aromatic rings. The van der Waals surface area contributed by atoms with Crippen LogP contribution in [0.3, 0.4) is 0 Å². The van der Waals surface area contributed by atoms with E-state index in [4.69, 9.17) is 32.7 Å². The number of aromatic nitrogens is 1. The van der Waals surface area contributed by atoms with Crippen LogP contribution in [0, 0.1) is 0 Å². The summed E-state index contributed by atoms with van der Waals surface area (Å²) in [5, 5.41) is 2.85. The SMILES string of the molecule is O=Cc1ccccc1OCC(=O)OCC(=O)Nc1ncc(Cl)cc1Cl. The Bertz CT molecular complexity index is 798. The zero-order valence-corrected chi connectivity index (χ0v) is 14.2. The van der Waals surface area contributed by atoms with Gasteiger partial charge in [-0.25, -0.2) is 9.78 Å². The van der Waals surface area contributed by atoms with Gasteiger partial charge in [-0.15, -0.1) is 0 Å². The van der Waals surface area contributed by atoms with Crippen molar-refractivity contribution in [3.05, 3.63) is 52.1 Å². The second kappa shape index (κ2) is 9.00. The van der Waals surface area contributed by atoms with Crippen LogP contribution >= 0.6 is 23.2 Å². The molecule has 7 nitrogen and oxygen atoms in total. The summed E-state index contributed by atoms with van der Waals surface area (Å²) in [6, 6.07) is 7.82. The minimum absolute atomic E-state index is 0.100. The molecular weight excluding hydrogens is 371 g/mol. The minimum Gasteiger partial charge on any atom is -0.481 e. The largest absolute Gasteiger partial charge is 0.481 e. The van der Waals surface area contributed by atoms with Crippen LogP contribution in [-0.2, 0) is 14.3 Å². The lowest BCUT2D eigenvalue weighted by Gasteiger charge is -2.09. The first-order chi connectivity index (χ1) is 12.0. The smallest absolute Gasteiger partial charge is 0.344 e. The van der Waals surface area contributed by atoms with Crippen molar-refractivity contribution in [2.24, 2.45) is 0 Å². The monoisotopic (exact) mass is 382 g/mol. The van der Waals surface area contributed by atoms with Crippen LogP contribution in [0.2, 0.25) is 10.0 Å². The third kappa shape index (κ3) is 5.74. The fourth-order valence-corrected chi connectivity index (χ4v) is 2.14. The quantitative estimate of drug-likeness (QED) is 0.584. The van der Waals surface area contributed by atoms with Crippen molar-refractivity contribution >= 4 is 47.2 Å². The topological polar surface area (TPSA) is 94.6 Å². The van der Waals surface area contributed by atoms with E-state index in [1.807, 2.05) is 0 Å². The first-order valence-electron chi connectivity index (χ1n) is 6.93. The van der Waals surface area contributed by atoms with E-state index in [0.29, 0.717) is 16.9 Å². The van der Waals surface area contributed by atoms with Gasteiger partial charge < -0.3 is 14.8 Å². The molecule has 1 N–H and O–H groups in total. The number of amides is 1. The Labute approximate surface area is 152 Å². The summed E-state index contributed by atoms with van der Waals surface area (Å²) >= 11 is 11.6. The number of carbonyl (C=O) groups is 3. The lowest BCUT2D eigenvalue weighted by Crippen LogP contribution is -2.24. The summed E-state index contributed by atoms with van der Waals surface area (Å²) in [6.07, 6.45) is 1.92. The van der Waals surface area contributed by atoms with Gasteiger partial charge in [0, 0.05) is 6.20 Å². The average molecular weight is 383 g/mol. The molecule has 1 aromatic heterocycles. The number of rotatable bonds is 7. The van der Waals surface area contributed by atoms with Crippen LogP contribution in [0.25, 0.3) is 0 Å². The van der Waals surface area contributed by atoms with Gasteiger partial charge in [-0.05, 0) is 18.2 Å². The summed E-state index contributed by atoms with van der Waals surface area (Å²) in [6.45, 7) is -0.990. The standard InChI is InChI=1S/C16H12Cl2N2O5/c17-11-5-12(18)16(19-6-11)20-14(22)8-25-15(23)9-24-13-4-2-1-3-10(13)7-21/h1-7H,8-9H2,(H,19,20,22). The zero-order valence-electron chi connectivity index (χ0n) is 12.7. The maximum atomic E-state index is 11.7. The van der Waals surface area contributed by atoms with E-state index < -0.39 is 25.1 Å². The molecule has 0 saturated heterocycles. The maximum absolute atomic E-state index is 11.7. The second-order valence-electron chi connectivity index (χ2n) is 4.64. The number of nitrogens with zero attached hydrogens (tertiary/aromatic N) is 1. The second-order valence-corrected chi connectivity index (χ2v) is 5.48. The number of benzene rings is 1. The van der Waals surface area contributed by atoms with Gasteiger partial charge in [-0.1, -0.05) is 35.3 Å². The Kier molecular flexibility index (Phi) is 6.73. The van der Waals surface area contributed by atoms with Crippen molar-refractivity contribution in [3.63, 3.8) is 0 Å². The van der Waals surface area contributed by atoms with Gasteiger partial charge in [-0.2, -0.15) is 0 Å². The van der Waals surface area contributed by atoms with Gasteiger partial charge in [0.2, 0.25) is 0 Å². The van der Waals surface area contributed by atoms with E-state index in [1.54, 1.807) is 18.2 Å². The van der Waals surface area contributed by atoms with Crippen molar-refractivity contribution in [2.45, 2.75) is 0 Å². The summed E-state index contributed by atoms with van der Waals surface area (Å²) in [7, 11) is 0. The van der Waals surface area contributed by atoms with Crippen molar-refractivity contribution in [2.75, 3.05) is 18.5 Å². The highest BCUT2D eigenvalue weighted by Crippen LogP contribution is 2.22. The maximum Gasteiger partial charge on any atom is 0.344 e. The molecule has 0 atom stereocenters. The molecule has 0 aliphatic carbocycles. The summed E-state index contributed by atoms with van der Waals surface area (Å²) in [5.41, 5.74) is 0.302. The van der Waals surface area contributed by atoms with E-state index in [1.165, 1.54) is 18.3 Å². The number of aldehydes is 1. The first kappa shape index (κ1) is 18.7. The third-order valence-electron chi connectivity index (χ3n) is 2.82. The molecule has 0 aliphatic rings. The fourth-order valence-electron chi connectivity index (χ4n) is 1.71. The van der Waals surface area contributed by atoms with Crippen LogP contribution in [0.5, 0.6) is 5.75 Å². The average Bonchev–Trinajstić information content (AvgIpc) is 2.60. The molecule has 0 fully saturated rings. The van der Waals surface area contributed by atoms with Gasteiger partial charge in [0.25, 0.3) is 5.91 Å². The first-order valence-corrected chi connectivity index (χ1v) is 7.68. The predicted molar refractivity (Wildman–Crippen MR) is 91.2 cm³/mol. The van der Waals surface area contributed by atoms with Crippen LogP contribution in [-0.4, -0.2) is 36.4 Å². The van der Waals surface area contributed by atoms with Crippen LogP contribution in [0.15, 0.2) is 36.5 Å². The number of halogens is 2. The van der Waals surface area contributed by atoms with Crippen molar-refractivity contribution in [1.82, 2.24) is 4.98 Å². The summed E-state index contributed by atoms with van der Waals surface area (Å²) in [5.74, 6) is -1.05. The number of anilines is 1. The molecule has 9 heteroatoms. The highest BCUT2D eigenvalue weighted by atomic mass is 35.5. The Morgan fingerprint density at radius 2 is 1.96 bits per heavy atom. The molecule has 0 radical (unpaired) electrons. The van der Waals surface area contributed by atoms with E-state index in [2.05, 4.69) is 10.3 Å². The zero-order chi connectivity index (χ0) is 18.2. The molecular formula is C16H12Cl2N2O5. The highest BCUT2D eigenvalue weighted by molar-refractivity contribution is 6.36. The van der Waals surface area contributed by atoms with Gasteiger partial charge >= 0.3 is 5.97 Å². The van der Waals surface area contributed by atoms with Gasteiger partial charge in [0.15, 0.2) is 25.3 Å². The molecule has 0 spiro atoms. The molecule has 2 rings (SSSR count). The number of carbonyl (C=O) groups excluding carboxylic acids is 3. The predicted octanol–water partition coefficient (Wildman–Crippen LogP) is 2.76. The molecule has 1 aromatic carbocycles. The molecule has 130 valence electrons. The number of para-hydroxylation sites is 1. The van der Waals surface area contributed by atoms with E-state index >= 15 is 0 Å². The van der Waals surface area contributed by atoms with E-state index in [-0.39, 0.29) is 16.6 Å². The van der Waals surface area contributed by atoms with Crippen molar-refractivity contribution in [3.8, 4) is 5.75 Å². The molecule has 0 unspecified atom stereocenters. The summed E-state index contributed by atoms with van der Waals surface area (Å²) < 4.78 is 9.96. The van der Waals surface area contributed by atoms with Crippen molar-refractivity contribution < 1.29 is 23.9 Å². The Morgan fingerprint density at radius 1 is 1.20 bits per heavy atom. The molecule has 0 saturated carbocycles.